The highest BCUT2D eigenvalue weighted by molar-refractivity contribution is 7.25. The lowest BCUT2D eigenvalue weighted by Crippen LogP contribution is -1.98. The van der Waals surface area contributed by atoms with Crippen molar-refractivity contribution in [1.82, 2.24) is 0 Å². The van der Waals surface area contributed by atoms with E-state index in [2.05, 4.69) is 0 Å². The van der Waals surface area contributed by atoms with E-state index in [1.165, 1.54) is 24.2 Å². The minimum atomic E-state index is -0.263. The molecule has 2 nitrogen and oxygen atoms in total. The highest BCUT2D eigenvalue weighted by Crippen LogP contribution is 2.40. The smallest absolute Gasteiger partial charge is 0.182 e. The van der Waals surface area contributed by atoms with Gasteiger partial charge >= 0.3 is 0 Å². The normalized spacial score (nSPS) is 14.6. The van der Waals surface area contributed by atoms with Crippen LogP contribution in [0.25, 0.3) is 20.2 Å². The molecule has 3 aromatic rings. The second-order valence-corrected chi connectivity index (χ2v) is 6.75. The molecule has 0 unspecified atom stereocenters. The van der Waals surface area contributed by atoms with E-state index in [0.29, 0.717) is 17.1 Å². The zero-order valence-electron chi connectivity index (χ0n) is 12.4. The van der Waals surface area contributed by atoms with E-state index in [4.69, 9.17) is 9.47 Å². The molecular weight excluding hydrogens is 299 g/mol. The molecule has 1 heterocycles. The van der Waals surface area contributed by atoms with E-state index in [-0.39, 0.29) is 5.82 Å². The predicted octanol–water partition coefficient (Wildman–Crippen LogP) is 5.38. The van der Waals surface area contributed by atoms with Gasteiger partial charge in [-0.25, -0.2) is 4.39 Å². The second kappa shape index (κ2) is 5.43. The van der Waals surface area contributed by atoms with Crippen molar-refractivity contribution >= 4 is 31.5 Å². The molecule has 1 aliphatic carbocycles. The zero-order chi connectivity index (χ0) is 15.1. The van der Waals surface area contributed by atoms with Crippen molar-refractivity contribution in [2.24, 2.45) is 5.92 Å². The highest BCUT2D eigenvalue weighted by Gasteiger charge is 2.22. The van der Waals surface area contributed by atoms with Crippen molar-refractivity contribution in [3.05, 3.63) is 36.1 Å². The Balaban J connectivity index is 1.76. The van der Waals surface area contributed by atoms with Gasteiger partial charge in [-0.05, 0) is 56.0 Å². The van der Waals surface area contributed by atoms with E-state index in [1.807, 2.05) is 31.2 Å². The lowest BCUT2D eigenvalue weighted by atomic mass is 10.1. The van der Waals surface area contributed by atoms with Crippen LogP contribution in [0.2, 0.25) is 0 Å². The van der Waals surface area contributed by atoms with Gasteiger partial charge in [0.05, 0.1) is 17.9 Å². The first-order chi connectivity index (χ1) is 10.8. The predicted molar refractivity (Wildman–Crippen MR) is 88.7 cm³/mol. The molecule has 0 spiro atoms. The van der Waals surface area contributed by atoms with Crippen LogP contribution in [-0.4, -0.2) is 13.2 Å². The van der Waals surface area contributed by atoms with Crippen molar-refractivity contribution in [3.63, 3.8) is 0 Å². The lowest BCUT2D eigenvalue weighted by Gasteiger charge is -2.05. The maximum Gasteiger partial charge on any atom is 0.182 e. The van der Waals surface area contributed by atoms with E-state index in [9.17, 15) is 4.39 Å². The van der Waals surface area contributed by atoms with Crippen LogP contribution in [-0.2, 0) is 0 Å². The summed E-state index contributed by atoms with van der Waals surface area (Å²) in [5, 5.41) is 2.01. The molecule has 4 rings (SSSR count). The number of fused-ring (bicyclic) bond motifs is 3. The fourth-order valence-electron chi connectivity index (χ4n) is 2.62. The van der Waals surface area contributed by atoms with Gasteiger partial charge in [0.15, 0.2) is 11.6 Å². The van der Waals surface area contributed by atoms with Gasteiger partial charge in [0.1, 0.15) is 5.75 Å². The molecule has 22 heavy (non-hydrogen) atoms. The van der Waals surface area contributed by atoms with Gasteiger partial charge in [-0.1, -0.05) is 0 Å². The number of halogens is 1. The van der Waals surface area contributed by atoms with Crippen molar-refractivity contribution in [1.29, 1.82) is 0 Å². The van der Waals surface area contributed by atoms with E-state index in [1.54, 1.807) is 6.07 Å². The number of benzene rings is 2. The summed E-state index contributed by atoms with van der Waals surface area (Å²) in [6, 6.07) is 9.67. The first-order valence-corrected chi connectivity index (χ1v) is 8.48. The van der Waals surface area contributed by atoms with Crippen LogP contribution < -0.4 is 9.47 Å². The minimum absolute atomic E-state index is 0.263. The second-order valence-electron chi connectivity index (χ2n) is 5.70. The SMILES string of the molecule is CCOc1ccc2c(sc3cc(OCC4CC4)ccc32)c1F. The summed E-state index contributed by atoms with van der Waals surface area (Å²) in [4.78, 5) is 0. The first-order valence-electron chi connectivity index (χ1n) is 7.66. The van der Waals surface area contributed by atoms with Crippen LogP contribution in [0.1, 0.15) is 19.8 Å². The largest absolute Gasteiger partial charge is 0.493 e. The Hall–Kier alpha value is -1.81. The number of hydrogen-bond acceptors (Lipinski definition) is 3. The molecule has 0 amide bonds. The van der Waals surface area contributed by atoms with Gasteiger partial charge in [0.25, 0.3) is 0 Å². The molecule has 1 aliphatic rings. The fraction of sp³-hybridized carbons (Fsp3) is 0.333. The average Bonchev–Trinajstić information content (AvgIpc) is 3.28. The topological polar surface area (TPSA) is 18.5 Å². The maximum atomic E-state index is 14.5. The Morgan fingerprint density at radius 3 is 2.73 bits per heavy atom. The Labute approximate surface area is 132 Å². The Bertz CT molecular complexity index is 836. The number of hydrogen-bond donors (Lipinski definition) is 0. The third kappa shape index (κ3) is 2.41. The number of rotatable bonds is 5. The highest BCUT2D eigenvalue weighted by atomic mass is 32.1. The van der Waals surface area contributed by atoms with E-state index < -0.39 is 0 Å². The summed E-state index contributed by atoms with van der Waals surface area (Å²) in [5.74, 6) is 1.66. The standard InChI is InChI=1S/C18H17FO2S/c1-2-20-15-8-7-14-13-6-5-12(21-10-11-3-4-11)9-16(13)22-18(14)17(15)19/h5-9,11H,2-4,10H2,1H3. The molecular formula is C18H17FO2S. The van der Waals surface area contributed by atoms with Crippen molar-refractivity contribution in [2.75, 3.05) is 13.2 Å². The van der Waals surface area contributed by atoms with Crippen molar-refractivity contribution in [2.45, 2.75) is 19.8 Å². The monoisotopic (exact) mass is 316 g/mol. The van der Waals surface area contributed by atoms with Crippen molar-refractivity contribution in [3.8, 4) is 11.5 Å². The lowest BCUT2D eigenvalue weighted by molar-refractivity contribution is 0.300. The fourth-order valence-corrected chi connectivity index (χ4v) is 3.79. The van der Waals surface area contributed by atoms with E-state index in [0.717, 1.165) is 33.7 Å². The summed E-state index contributed by atoms with van der Waals surface area (Å²) in [6.07, 6.45) is 2.55. The molecule has 1 fully saturated rings. The van der Waals surface area contributed by atoms with Crippen LogP contribution in [0.15, 0.2) is 30.3 Å². The molecule has 0 atom stereocenters. The van der Waals surface area contributed by atoms with Gasteiger partial charge in [-0.15, -0.1) is 11.3 Å². The van der Waals surface area contributed by atoms with E-state index >= 15 is 0 Å². The molecule has 2 aromatic carbocycles. The molecule has 0 bridgehead atoms. The Kier molecular flexibility index (Phi) is 3.41. The molecule has 0 saturated heterocycles. The molecule has 0 aliphatic heterocycles. The van der Waals surface area contributed by atoms with Gasteiger partial charge in [-0.2, -0.15) is 0 Å². The molecule has 1 saturated carbocycles. The van der Waals surface area contributed by atoms with Gasteiger partial charge in [-0.3, -0.25) is 0 Å². The first kappa shape index (κ1) is 13.8. The summed E-state index contributed by atoms with van der Waals surface area (Å²) in [6.45, 7) is 3.11. The molecule has 0 N–H and O–H groups in total. The molecule has 0 radical (unpaired) electrons. The van der Waals surface area contributed by atoms with Crippen LogP contribution >= 0.6 is 11.3 Å². The Morgan fingerprint density at radius 2 is 1.95 bits per heavy atom. The molecule has 4 heteroatoms. The summed E-state index contributed by atoms with van der Waals surface area (Å²) in [7, 11) is 0. The third-order valence-electron chi connectivity index (χ3n) is 4.00. The molecule has 1 aromatic heterocycles. The van der Waals surface area contributed by atoms with Crippen LogP contribution in [0.5, 0.6) is 11.5 Å². The van der Waals surface area contributed by atoms with Crippen LogP contribution in [0.4, 0.5) is 4.39 Å². The number of thiophene rings is 1. The molecule has 114 valence electrons. The van der Waals surface area contributed by atoms with Gasteiger partial charge in [0.2, 0.25) is 0 Å². The van der Waals surface area contributed by atoms with Crippen molar-refractivity contribution < 1.29 is 13.9 Å². The summed E-state index contributed by atoms with van der Waals surface area (Å²) in [5.41, 5.74) is 0. The number of ether oxygens (including phenoxy) is 2. The third-order valence-corrected chi connectivity index (χ3v) is 5.16. The minimum Gasteiger partial charge on any atom is -0.493 e. The van der Waals surface area contributed by atoms with Gasteiger partial charge in [0, 0.05) is 15.5 Å². The van der Waals surface area contributed by atoms with Crippen LogP contribution in [0, 0.1) is 11.7 Å². The average molecular weight is 316 g/mol. The summed E-state index contributed by atoms with van der Waals surface area (Å²) < 4.78 is 27.4. The maximum absolute atomic E-state index is 14.5. The zero-order valence-corrected chi connectivity index (χ0v) is 13.2. The van der Waals surface area contributed by atoms with Crippen LogP contribution in [0.3, 0.4) is 0 Å². The Morgan fingerprint density at radius 1 is 1.14 bits per heavy atom. The van der Waals surface area contributed by atoms with Gasteiger partial charge < -0.3 is 9.47 Å². The quantitative estimate of drug-likeness (QED) is 0.629. The summed E-state index contributed by atoms with van der Waals surface area (Å²) >= 11 is 1.46.